The molecular weight excluding hydrogens is 226 g/mol. The van der Waals surface area contributed by atoms with Crippen LogP contribution in [0.3, 0.4) is 0 Å². The van der Waals surface area contributed by atoms with Crippen LogP contribution >= 0.6 is 0 Å². The monoisotopic (exact) mass is 247 g/mol. The Morgan fingerprint density at radius 2 is 2.17 bits per heavy atom. The van der Waals surface area contributed by atoms with Gasteiger partial charge in [0.15, 0.2) is 5.78 Å². The van der Waals surface area contributed by atoms with Gasteiger partial charge in [-0.1, -0.05) is 6.92 Å². The van der Waals surface area contributed by atoms with Crippen LogP contribution in [0.4, 0.5) is 5.69 Å². The van der Waals surface area contributed by atoms with Crippen molar-refractivity contribution in [2.45, 2.75) is 32.7 Å². The number of ketones is 1. The van der Waals surface area contributed by atoms with Crippen molar-refractivity contribution >= 4 is 11.5 Å². The fraction of sp³-hybridized carbons (Fsp3) is 0.533. The molecule has 0 aromatic heterocycles. The van der Waals surface area contributed by atoms with Gasteiger partial charge in [-0.25, -0.2) is 0 Å². The molecule has 1 fully saturated rings. The number of hydrogen-bond acceptors (Lipinski definition) is 3. The Morgan fingerprint density at radius 1 is 1.44 bits per heavy atom. The molecule has 98 valence electrons. The highest BCUT2D eigenvalue weighted by atomic mass is 16.5. The van der Waals surface area contributed by atoms with E-state index in [1.54, 1.807) is 0 Å². The van der Waals surface area contributed by atoms with Crippen molar-refractivity contribution in [3.05, 3.63) is 29.8 Å². The first-order valence-electron chi connectivity index (χ1n) is 6.68. The van der Waals surface area contributed by atoms with E-state index < -0.39 is 0 Å². The van der Waals surface area contributed by atoms with Gasteiger partial charge in [-0.15, -0.1) is 0 Å². The van der Waals surface area contributed by atoms with E-state index in [2.05, 4.69) is 12.2 Å². The third-order valence-corrected chi connectivity index (χ3v) is 3.59. The number of nitrogens with one attached hydrogen (secondary N) is 1. The van der Waals surface area contributed by atoms with Gasteiger partial charge in [0.2, 0.25) is 0 Å². The predicted octanol–water partition coefficient (Wildman–Crippen LogP) is 3.12. The van der Waals surface area contributed by atoms with Crippen LogP contribution < -0.4 is 5.32 Å². The summed E-state index contributed by atoms with van der Waals surface area (Å²) in [6, 6.07) is 8.16. The molecule has 1 aliphatic rings. The van der Waals surface area contributed by atoms with Gasteiger partial charge in [-0.2, -0.15) is 0 Å². The van der Waals surface area contributed by atoms with Crippen LogP contribution in [0, 0.1) is 5.92 Å². The molecule has 2 atom stereocenters. The molecule has 3 nitrogen and oxygen atoms in total. The van der Waals surface area contributed by atoms with Gasteiger partial charge in [0.25, 0.3) is 0 Å². The standard InChI is InChI=1S/C15H21NO2/c1-3-15(17)12-4-6-14(7-5-12)16-11(2)13-8-9-18-10-13/h4-7,11,13,16H,3,8-10H2,1-2H3. The zero-order valence-electron chi connectivity index (χ0n) is 11.1. The lowest BCUT2D eigenvalue weighted by Gasteiger charge is -2.20. The van der Waals surface area contributed by atoms with E-state index in [-0.39, 0.29) is 5.78 Å². The number of hydrogen-bond donors (Lipinski definition) is 1. The lowest BCUT2D eigenvalue weighted by atomic mass is 10.0. The van der Waals surface area contributed by atoms with Crippen molar-refractivity contribution in [2.75, 3.05) is 18.5 Å². The smallest absolute Gasteiger partial charge is 0.162 e. The second-order valence-electron chi connectivity index (χ2n) is 4.91. The first-order chi connectivity index (χ1) is 8.70. The van der Waals surface area contributed by atoms with Gasteiger partial charge in [-0.3, -0.25) is 4.79 Å². The molecule has 0 radical (unpaired) electrons. The fourth-order valence-electron chi connectivity index (χ4n) is 2.28. The number of anilines is 1. The van der Waals surface area contributed by atoms with Crippen molar-refractivity contribution in [3.63, 3.8) is 0 Å². The number of carbonyl (C=O) groups is 1. The number of carbonyl (C=O) groups excluding carboxylic acids is 1. The second kappa shape index (κ2) is 6.01. The fourth-order valence-corrected chi connectivity index (χ4v) is 2.28. The summed E-state index contributed by atoms with van der Waals surface area (Å²) in [5.74, 6) is 0.778. The molecule has 3 heteroatoms. The average Bonchev–Trinajstić information content (AvgIpc) is 2.92. The Kier molecular flexibility index (Phi) is 4.37. The Morgan fingerprint density at radius 3 is 2.72 bits per heavy atom. The molecule has 0 saturated carbocycles. The summed E-state index contributed by atoms with van der Waals surface area (Å²) >= 11 is 0. The van der Waals surface area contributed by atoms with E-state index in [4.69, 9.17) is 4.74 Å². The second-order valence-corrected chi connectivity index (χ2v) is 4.91. The van der Waals surface area contributed by atoms with Crippen molar-refractivity contribution < 1.29 is 9.53 Å². The van der Waals surface area contributed by atoms with E-state index >= 15 is 0 Å². The van der Waals surface area contributed by atoms with Gasteiger partial charge in [0.1, 0.15) is 0 Å². The predicted molar refractivity (Wildman–Crippen MR) is 73.1 cm³/mol. The molecule has 18 heavy (non-hydrogen) atoms. The molecule has 1 aromatic rings. The quantitative estimate of drug-likeness (QED) is 0.812. The summed E-state index contributed by atoms with van der Waals surface area (Å²) in [5.41, 5.74) is 1.86. The minimum absolute atomic E-state index is 0.193. The Labute approximate surface area is 109 Å². The minimum Gasteiger partial charge on any atom is -0.382 e. The van der Waals surface area contributed by atoms with E-state index in [1.165, 1.54) is 0 Å². The molecular formula is C15H21NO2. The highest BCUT2D eigenvalue weighted by Crippen LogP contribution is 2.20. The number of rotatable bonds is 5. The van der Waals surface area contributed by atoms with Gasteiger partial charge < -0.3 is 10.1 Å². The lowest BCUT2D eigenvalue weighted by molar-refractivity contribution is 0.0988. The van der Waals surface area contributed by atoms with Crippen molar-refractivity contribution in [3.8, 4) is 0 Å². The molecule has 2 unspecified atom stereocenters. The van der Waals surface area contributed by atoms with Crippen LogP contribution in [0.5, 0.6) is 0 Å². The number of ether oxygens (including phenoxy) is 1. The van der Waals surface area contributed by atoms with Crippen molar-refractivity contribution in [1.29, 1.82) is 0 Å². The minimum atomic E-state index is 0.193. The van der Waals surface area contributed by atoms with Crippen molar-refractivity contribution in [2.24, 2.45) is 5.92 Å². The lowest BCUT2D eigenvalue weighted by Crippen LogP contribution is -2.26. The maximum Gasteiger partial charge on any atom is 0.162 e. The average molecular weight is 247 g/mol. The van der Waals surface area contributed by atoms with Gasteiger partial charge in [0.05, 0.1) is 6.61 Å². The summed E-state index contributed by atoms with van der Waals surface area (Å²) in [7, 11) is 0. The van der Waals surface area contributed by atoms with Gasteiger partial charge in [-0.05, 0) is 37.6 Å². The van der Waals surface area contributed by atoms with Crippen LogP contribution in [0.1, 0.15) is 37.0 Å². The molecule has 1 N–H and O–H groups in total. The molecule has 1 aliphatic heterocycles. The van der Waals surface area contributed by atoms with Gasteiger partial charge >= 0.3 is 0 Å². The Balaban J connectivity index is 1.95. The maximum absolute atomic E-state index is 11.5. The largest absolute Gasteiger partial charge is 0.382 e. The topological polar surface area (TPSA) is 38.3 Å². The van der Waals surface area contributed by atoms with Crippen molar-refractivity contribution in [1.82, 2.24) is 0 Å². The van der Waals surface area contributed by atoms with E-state index in [0.29, 0.717) is 18.4 Å². The summed E-state index contributed by atoms with van der Waals surface area (Å²) in [5, 5.41) is 3.48. The third kappa shape index (κ3) is 3.10. The highest BCUT2D eigenvalue weighted by Gasteiger charge is 2.21. The molecule has 1 heterocycles. The molecule has 0 spiro atoms. The third-order valence-electron chi connectivity index (χ3n) is 3.59. The zero-order valence-corrected chi connectivity index (χ0v) is 11.1. The summed E-state index contributed by atoms with van der Waals surface area (Å²) < 4.78 is 5.40. The van der Waals surface area contributed by atoms with Gasteiger partial charge in [0, 0.05) is 36.2 Å². The Hall–Kier alpha value is -1.35. The molecule has 1 saturated heterocycles. The first kappa shape index (κ1) is 13.1. The molecule has 1 aromatic carbocycles. The summed E-state index contributed by atoms with van der Waals surface area (Å²) in [6.45, 7) is 5.79. The molecule has 0 bridgehead atoms. The number of Topliss-reactive ketones (excluding diaryl/α,β-unsaturated/α-hetero) is 1. The van der Waals surface area contributed by atoms with E-state index in [9.17, 15) is 4.79 Å². The Bertz CT molecular complexity index is 393. The van der Waals surface area contributed by atoms with Crippen LogP contribution in [-0.4, -0.2) is 25.0 Å². The first-order valence-corrected chi connectivity index (χ1v) is 6.68. The highest BCUT2D eigenvalue weighted by molar-refractivity contribution is 5.96. The zero-order chi connectivity index (χ0) is 13.0. The van der Waals surface area contributed by atoms with E-state index in [1.807, 2.05) is 31.2 Å². The number of benzene rings is 1. The molecule has 2 rings (SSSR count). The molecule has 0 amide bonds. The summed E-state index contributed by atoms with van der Waals surface area (Å²) in [4.78, 5) is 11.5. The van der Waals surface area contributed by atoms with Crippen LogP contribution in [0.25, 0.3) is 0 Å². The maximum atomic E-state index is 11.5. The normalized spacial score (nSPS) is 20.7. The van der Waals surface area contributed by atoms with Crippen LogP contribution in [0.15, 0.2) is 24.3 Å². The SMILES string of the molecule is CCC(=O)c1ccc(NC(C)C2CCOC2)cc1. The van der Waals surface area contributed by atoms with Crippen LogP contribution in [-0.2, 0) is 4.74 Å². The summed E-state index contributed by atoms with van der Waals surface area (Å²) in [6.07, 6.45) is 1.68. The molecule has 0 aliphatic carbocycles. The van der Waals surface area contributed by atoms with Crippen LogP contribution in [0.2, 0.25) is 0 Å². The van der Waals surface area contributed by atoms with E-state index in [0.717, 1.165) is 30.9 Å².